The zero-order chi connectivity index (χ0) is 24.8. The van der Waals surface area contributed by atoms with E-state index in [1.807, 2.05) is 31.2 Å². The lowest BCUT2D eigenvalue weighted by molar-refractivity contribution is -0.113. The van der Waals surface area contributed by atoms with Gasteiger partial charge in [0, 0.05) is 34.6 Å². The molecule has 2 aromatic heterocycles. The van der Waals surface area contributed by atoms with Crippen LogP contribution in [0.25, 0.3) is 5.69 Å². The minimum atomic E-state index is -0.605. The zero-order valence-electron chi connectivity index (χ0n) is 18.6. The Balaban J connectivity index is 1.60. The van der Waals surface area contributed by atoms with Crippen LogP contribution in [0.1, 0.15) is 18.4 Å². The fraction of sp³-hybridized carbons (Fsp3) is 0.174. The number of halogens is 1. The van der Waals surface area contributed by atoms with Gasteiger partial charge in [-0.1, -0.05) is 29.4 Å². The fourth-order valence-corrected chi connectivity index (χ4v) is 4.27. The number of nitrogens with one attached hydrogen (secondary N) is 3. The van der Waals surface area contributed by atoms with Crippen LogP contribution >= 0.6 is 23.4 Å². The molecule has 0 aliphatic heterocycles. The number of rotatable bonds is 9. The van der Waals surface area contributed by atoms with E-state index in [4.69, 9.17) is 16.3 Å². The molecular formula is C23H21ClN6O4S. The van der Waals surface area contributed by atoms with Crippen molar-refractivity contribution in [1.29, 1.82) is 0 Å². The van der Waals surface area contributed by atoms with Crippen molar-refractivity contribution < 1.29 is 9.53 Å². The molecule has 4 aromatic rings. The summed E-state index contributed by atoms with van der Waals surface area (Å²) in [4.78, 5) is 40.7. The van der Waals surface area contributed by atoms with Gasteiger partial charge in [0.2, 0.25) is 5.91 Å². The molecule has 0 spiro atoms. The molecule has 0 atom stereocenters. The minimum Gasteiger partial charge on any atom is -0.494 e. The molecule has 180 valence electrons. The van der Waals surface area contributed by atoms with Crippen molar-refractivity contribution in [2.24, 2.45) is 0 Å². The molecule has 0 unspecified atom stereocenters. The minimum absolute atomic E-state index is 0.0729. The molecule has 10 nitrogen and oxygen atoms in total. The number of thioether (sulfide) groups is 1. The lowest BCUT2D eigenvalue weighted by Gasteiger charge is -2.11. The second kappa shape index (κ2) is 11.1. The average molecular weight is 513 g/mol. The summed E-state index contributed by atoms with van der Waals surface area (Å²) in [7, 11) is 0. The number of benzene rings is 2. The summed E-state index contributed by atoms with van der Waals surface area (Å²) in [5, 5.41) is 12.3. The molecule has 0 saturated heterocycles. The van der Waals surface area contributed by atoms with Gasteiger partial charge in [-0.25, -0.2) is 4.79 Å². The first-order chi connectivity index (χ1) is 16.9. The van der Waals surface area contributed by atoms with Crippen LogP contribution in [0.2, 0.25) is 5.02 Å². The van der Waals surface area contributed by atoms with E-state index in [0.717, 1.165) is 5.69 Å². The third kappa shape index (κ3) is 6.40. The van der Waals surface area contributed by atoms with Crippen LogP contribution in [-0.2, 0) is 11.2 Å². The molecule has 2 aromatic carbocycles. The van der Waals surface area contributed by atoms with Crippen molar-refractivity contribution in [3.63, 3.8) is 0 Å². The lowest BCUT2D eigenvalue weighted by atomic mass is 10.2. The van der Waals surface area contributed by atoms with Crippen molar-refractivity contribution >= 4 is 35.0 Å². The number of nitrogens with zero attached hydrogens (tertiary/aromatic N) is 3. The van der Waals surface area contributed by atoms with Crippen molar-refractivity contribution in [3.05, 3.63) is 92.0 Å². The molecule has 35 heavy (non-hydrogen) atoms. The maximum Gasteiger partial charge on any atom is 0.325 e. The Morgan fingerprint density at radius 1 is 1.11 bits per heavy atom. The Bertz CT molecular complexity index is 1420. The monoisotopic (exact) mass is 512 g/mol. The van der Waals surface area contributed by atoms with Crippen molar-refractivity contribution in [2.75, 3.05) is 17.7 Å². The van der Waals surface area contributed by atoms with E-state index in [1.165, 1.54) is 17.8 Å². The first kappa shape index (κ1) is 24.3. The molecule has 1 amide bonds. The maximum absolute atomic E-state index is 12.5. The predicted molar refractivity (Wildman–Crippen MR) is 134 cm³/mol. The standard InChI is InChI=1S/C23H21ClN6O4S/c1-2-34-18-8-6-17(7-9-18)30-19(11-16-12-20(31)27-22(33)26-16)28-29-23(30)35-13-21(32)25-15-5-3-4-14(24)10-15/h3-10,12H,2,11,13H2,1H3,(H,25,32)(H2,26,27,31,33). The zero-order valence-corrected chi connectivity index (χ0v) is 20.2. The topological polar surface area (TPSA) is 135 Å². The van der Waals surface area contributed by atoms with Gasteiger partial charge in [-0.3, -0.25) is 19.1 Å². The van der Waals surface area contributed by atoms with Gasteiger partial charge in [-0.05, 0) is 49.4 Å². The maximum atomic E-state index is 12.5. The normalized spacial score (nSPS) is 10.8. The van der Waals surface area contributed by atoms with Crippen molar-refractivity contribution in [3.8, 4) is 11.4 Å². The third-order valence-corrected chi connectivity index (χ3v) is 5.88. The summed E-state index contributed by atoms with van der Waals surface area (Å²) in [6.07, 6.45) is 0.147. The number of hydrogen-bond donors (Lipinski definition) is 3. The number of ether oxygens (including phenoxy) is 1. The van der Waals surface area contributed by atoms with E-state index in [-0.39, 0.29) is 18.1 Å². The number of hydrogen-bond acceptors (Lipinski definition) is 7. The number of carbonyl (C=O) groups is 1. The van der Waals surface area contributed by atoms with E-state index in [0.29, 0.717) is 39.7 Å². The van der Waals surface area contributed by atoms with Crippen LogP contribution in [0.5, 0.6) is 5.75 Å². The Morgan fingerprint density at radius 2 is 1.91 bits per heavy atom. The molecule has 2 heterocycles. The fourth-order valence-electron chi connectivity index (χ4n) is 3.30. The van der Waals surface area contributed by atoms with Gasteiger partial charge in [0.25, 0.3) is 5.56 Å². The molecule has 3 N–H and O–H groups in total. The number of aromatic nitrogens is 5. The van der Waals surface area contributed by atoms with Crippen LogP contribution in [0.4, 0.5) is 5.69 Å². The highest BCUT2D eigenvalue weighted by molar-refractivity contribution is 7.99. The Hall–Kier alpha value is -3.83. The number of aromatic amines is 2. The van der Waals surface area contributed by atoms with Crippen LogP contribution in [-0.4, -0.2) is 43.0 Å². The van der Waals surface area contributed by atoms with Gasteiger partial charge >= 0.3 is 5.69 Å². The molecule has 0 aliphatic carbocycles. The highest BCUT2D eigenvalue weighted by Gasteiger charge is 2.17. The Kier molecular flexibility index (Phi) is 7.68. The van der Waals surface area contributed by atoms with Gasteiger partial charge in [0.1, 0.15) is 11.6 Å². The third-order valence-electron chi connectivity index (χ3n) is 4.71. The van der Waals surface area contributed by atoms with Gasteiger partial charge in [-0.2, -0.15) is 0 Å². The number of amides is 1. The molecule has 0 aliphatic rings. The number of H-pyrrole nitrogens is 2. The summed E-state index contributed by atoms with van der Waals surface area (Å²) in [6.45, 7) is 2.44. The number of anilines is 1. The molecule has 0 radical (unpaired) electrons. The molecule has 0 bridgehead atoms. The van der Waals surface area contributed by atoms with Gasteiger partial charge in [-0.15, -0.1) is 10.2 Å². The van der Waals surface area contributed by atoms with Crippen LogP contribution in [0.3, 0.4) is 0 Å². The summed E-state index contributed by atoms with van der Waals surface area (Å²) >= 11 is 7.18. The Morgan fingerprint density at radius 3 is 2.63 bits per heavy atom. The average Bonchev–Trinajstić information content (AvgIpc) is 3.20. The lowest BCUT2D eigenvalue weighted by Crippen LogP contribution is -2.23. The van der Waals surface area contributed by atoms with Crippen LogP contribution < -0.4 is 21.3 Å². The van der Waals surface area contributed by atoms with Crippen molar-refractivity contribution in [2.45, 2.75) is 18.5 Å². The summed E-state index contributed by atoms with van der Waals surface area (Å²) < 4.78 is 7.29. The van der Waals surface area contributed by atoms with E-state index in [9.17, 15) is 14.4 Å². The first-order valence-corrected chi connectivity index (χ1v) is 12.0. The molecule has 0 fully saturated rings. The van der Waals surface area contributed by atoms with Crippen LogP contribution in [0, 0.1) is 0 Å². The predicted octanol–water partition coefficient (Wildman–Crippen LogP) is 3.02. The second-order valence-corrected chi connectivity index (χ2v) is 8.68. The van der Waals surface area contributed by atoms with Crippen molar-refractivity contribution in [1.82, 2.24) is 24.7 Å². The van der Waals surface area contributed by atoms with Gasteiger partial charge < -0.3 is 15.0 Å². The second-order valence-electron chi connectivity index (χ2n) is 7.30. The highest BCUT2D eigenvalue weighted by Crippen LogP contribution is 2.25. The molecule has 0 saturated carbocycles. The molecule has 4 rings (SSSR count). The molecule has 12 heteroatoms. The smallest absolute Gasteiger partial charge is 0.325 e. The Labute approximate surface area is 208 Å². The number of carbonyl (C=O) groups excluding carboxylic acids is 1. The van der Waals surface area contributed by atoms with E-state index >= 15 is 0 Å². The molecular weight excluding hydrogens is 492 g/mol. The summed E-state index contributed by atoms with van der Waals surface area (Å²) in [5.74, 6) is 1.02. The van der Waals surface area contributed by atoms with Gasteiger partial charge in [0.15, 0.2) is 5.16 Å². The van der Waals surface area contributed by atoms with Crippen LogP contribution in [0.15, 0.2) is 69.3 Å². The SMILES string of the molecule is CCOc1ccc(-n2c(Cc3cc(=O)[nH]c(=O)[nH]3)nnc2SCC(=O)Nc2cccc(Cl)c2)cc1. The van der Waals surface area contributed by atoms with E-state index < -0.39 is 11.2 Å². The summed E-state index contributed by atoms with van der Waals surface area (Å²) in [5.41, 5.74) is 0.595. The highest BCUT2D eigenvalue weighted by atomic mass is 35.5. The first-order valence-electron chi connectivity index (χ1n) is 10.6. The van der Waals surface area contributed by atoms with E-state index in [2.05, 4.69) is 25.5 Å². The van der Waals surface area contributed by atoms with Gasteiger partial charge in [0.05, 0.1) is 12.4 Å². The quantitative estimate of drug-likeness (QED) is 0.293. The summed E-state index contributed by atoms with van der Waals surface area (Å²) in [6, 6.07) is 15.5. The van der Waals surface area contributed by atoms with E-state index in [1.54, 1.807) is 28.8 Å². The largest absolute Gasteiger partial charge is 0.494 e.